The minimum absolute atomic E-state index is 0.0338. The van der Waals surface area contributed by atoms with E-state index >= 15 is 0 Å². The molecule has 2 N–H and O–H groups in total. The first-order chi connectivity index (χ1) is 17.5. The first-order valence-corrected chi connectivity index (χ1v) is 12.8. The summed E-state index contributed by atoms with van der Waals surface area (Å²) in [6.45, 7) is 0.287. The van der Waals surface area contributed by atoms with Crippen LogP contribution in [0.1, 0.15) is 54.4 Å². The zero-order valence-electron chi connectivity index (χ0n) is 20.6. The number of carbonyl (C=O) groups excluding carboxylic acids is 3. The van der Waals surface area contributed by atoms with Gasteiger partial charge in [-0.15, -0.1) is 0 Å². The second-order valence-corrected chi connectivity index (χ2v) is 9.99. The van der Waals surface area contributed by atoms with Crippen molar-refractivity contribution >= 4 is 23.4 Å². The summed E-state index contributed by atoms with van der Waals surface area (Å²) in [4.78, 5) is 40.0. The summed E-state index contributed by atoms with van der Waals surface area (Å²) in [7, 11) is 1.78. The molecule has 2 aromatic rings. The van der Waals surface area contributed by atoms with Gasteiger partial charge in [-0.05, 0) is 55.9 Å². The largest absolute Gasteiger partial charge is 0.490 e. The van der Waals surface area contributed by atoms with Crippen LogP contribution in [0.5, 0.6) is 5.75 Å². The molecular formula is C28H33N3O5. The standard InChI is InChI=1S/C28H33N3O5/c1-31-23-12-11-21(16-27(33)29-19-8-5-9-19)36-25(23)17-35-24-13-10-20(15-22(24)28(31)34)30-26(32)14-18-6-3-2-4-7-18/h2-4,6-7,10,13,15,19,21,23,25H,5,8-9,11-12,14,16-17H2,1H3,(H,29,33)(H,30,32)/t21-,23-,25-/m0/s1. The second kappa shape index (κ2) is 10.7. The molecular weight excluding hydrogens is 458 g/mol. The van der Waals surface area contributed by atoms with Crippen LogP contribution in [0, 0.1) is 0 Å². The number of ether oxygens (including phenoxy) is 2. The molecule has 1 aliphatic carbocycles. The summed E-state index contributed by atoms with van der Waals surface area (Å²) in [5, 5.41) is 5.96. The van der Waals surface area contributed by atoms with Crippen molar-refractivity contribution in [2.24, 2.45) is 0 Å². The fourth-order valence-electron chi connectivity index (χ4n) is 5.14. The van der Waals surface area contributed by atoms with Crippen LogP contribution in [0.4, 0.5) is 5.69 Å². The molecule has 190 valence electrons. The summed E-state index contributed by atoms with van der Waals surface area (Å²) in [6.07, 6.45) is 4.83. The van der Waals surface area contributed by atoms with E-state index in [4.69, 9.17) is 9.47 Å². The SMILES string of the molecule is CN1C(=O)c2cc(NC(=O)Cc3ccccc3)ccc2OC[C@@H]2O[C@H](CC(=O)NC3CCC3)CC[C@@H]21. The number of likely N-dealkylation sites (N-methyl/N-ethyl adjacent to an activating group) is 1. The fraction of sp³-hybridized carbons (Fsp3) is 0.464. The van der Waals surface area contributed by atoms with Crippen LogP contribution >= 0.6 is 0 Å². The number of rotatable bonds is 6. The molecule has 0 radical (unpaired) electrons. The number of carbonyl (C=O) groups is 3. The molecule has 2 aliphatic heterocycles. The van der Waals surface area contributed by atoms with Gasteiger partial charge in [0.05, 0.1) is 30.6 Å². The molecule has 1 saturated heterocycles. The Morgan fingerprint density at radius 2 is 1.83 bits per heavy atom. The Bertz CT molecular complexity index is 1120. The van der Waals surface area contributed by atoms with Crippen molar-refractivity contribution in [3.8, 4) is 5.75 Å². The Balaban J connectivity index is 1.23. The Morgan fingerprint density at radius 1 is 1.03 bits per heavy atom. The van der Waals surface area contributed by atoms with Gasteiger partial charge < -0.3 is 25.0 Å². The number of amides is 3. The lowest BCUT2D eigenvalue weighted by atomic mass is 9.92. The second-order valence-electron chi connectivity index (χ2n) is 9.99. The van der Waals surface area contributed by atoms with E-state index < -0.39 is 0 Å². The van der Waals surface area contributed by atoms with Crippen LogP contribution < -0.4 is 15.4 Å². The first kappa shape index (κ1) is 24.3. The van der Waals surface area contributed by atoms with Gasteiger partial charge in [-0.1, -0.05) is 30.3 Å². The van der Waals surface area contributed by atoms with Crippen LogP contribution in [0.15, 0.2) is 48.5 Å². The van der Waals surface area contributed by atoms with E-state index in [0.29, 0.717) is 35.9 Å². The summed E-state index contributed by atoms with van der Waals surface area (Å²) < 4.78 is 12.3. The lowest BCUT2D eigenvalue weighted by molar-refractivity contribution is -0.135. The predicted molar refractivity (Wildman–Crippen MR) is 135 cm³/mol. The van der Waals surface area contributed by atoms with E-state index in [1.165, 1.54) is 6.42 Å². The van der Waals surface area contributed by atoms with Crippen molar-refractivity contribution in [1.82, 2.24) is 10.2 Å². The van der Waals surface area contributed by atoms with Crippen LogP contribution in [0.2, 0.25) is 0 Å². The van der Waals surface area contributed by atoms with Gasteiger partial charge in [0.25, 0.3) is 5.91 Å². The van der Waals surface area contributed by atoms with Crippen molar-refractivity contribution in [3.63, 3.8) is 0 Å². The van der Waals surface area contributed by atoms with Crippen molar-refractivity contribution in [1.29, 1.82) is 0 Å². The molecule has 0 aromatic heterocycles. The smallest absolute Gasteiger partial charge is 0.257 e. The molecule has 3 amide bonds. The van der Waals surface area contributed by atoms with Crippen molar-refractivity contribution in [3.05, 3.63) is 59.7 Å². The van der Waals surface area contributed by atoms with E-state index in [1.807, 2.05) is 30.3 Å². The Hall–Kier alpha value is -3.39. The van der Waals surface area contributed by atoms with Crippen molar-refractivity contribution in [2.45, 2.75) is 69.2 Å². The topological polar surface area (TPSA) is 97.0 Å². The van der Waals surface area contributed by atoms with E-state index in [1.54, 1.807) is 30.1 Å². The van der Waals surface area contributed by atoms with E-state index in [9.17, 15) is 14.4 Å². The molecule has 2 heterocycles. The van der Waals surface area contributed by atoms with Gasteiger partial charge in [0.15, 0.2) is 0 Å². The molecule has 0 spiro atoms. The highest BCUT2D eigenvalue weighted by Gasteiger charge is 2.39. The number of fused-ring (bicyclic) bond motifs is 2. The molecule has 0 unspecified atom stereocenters. The van der Waals surface area contributed by atoms with E-state index in [0.717, 1.165) is 24.8 Å². The number of hydrogen-bond acceptors (Lipinski definition) is 5. The highest BCUT2D eigenvalue weighted by molar-refractivity contribution is 6.00. The number of nitrogens with one attached hydrogen (secondary N) is 2. The van der Waals surface area contributed by atoms with Crippen molar-refractivity contribution in [2.75, 3.05) is 19.0 Å². The van der Waals surface area contributed by atoms with Gasteiger partial charge in [-0.3, -0.25) is 14.4 Å². The lowest BCUT2D eigenvalue weighted by Gasteiger charge is -2.42. The monoisotopic (exact) mass is 491 g/mol. The quantitative estimate of drug-likeness (QED) is 0.646. The third-order valence-electron chi connectivity index (χ3n) is 7.39. The lowest BCUT2D eigenvalue weighted by Crippen LogP contribution is -2.54. The average molecular weight is 492 g/mol. The van der Waals surface area contributed by atoms with Crippen LogP contribution in [0.3, 0.4) is 0 Å². The highest BCUT2D eigenvalue weighted by atomic mass is 16.5. The maximum Gasteiger partial charge on any atom is 0.257 e. The summed E-state index contributed by atoms with van der Waals surface area (Å²) in [5.41, 5.74) is 1.88. The zero-order chi connectivity index (χ0) is 25.1. The number of anilines is 1. The highest BCUT2D eigenvalue weighted by Crippen LogP contribution is 2.32. The third kappa shape index (κ3) is 5.54. The number of hydrogen-bond donors (Lipinski definition) is 2. The minimum Gasteiger partial charge on any atom is -0.490 e. The van der Waals surface area contributed by atoms with Crippen LogP contribution in [-0.2, 0) is 20.7 Å². The van der Waals surface area contributed by atoms with Crippen LogP contribution in [-0.4, -0.2) is 60.6 Å². The van der Waals surface area contributed by atoms with Gasteiger partial charge in [-0.25, -0.2) is 0 Å². The molecule has 3 atom stereocenters. The zero-order valence-corrected chi connectivity index (χ0v) is 20.6. The van der Waals surface area contributed by atoms with Gasteiger partial charge in [0.1, 0.15) is 18.5 Å². The van der Waals surface area contributed by atoms with Crippen molar-refractivity contribution < 1.29 is 23.9 Å². The molecule has 1 saturated carbocycles. The predicted octanol–water partition coefficient (Wildman–Crippen LogP) is 3.31. The van der Waals surface area contributed by atoms with E-state index in [-0.39, 0.29) is 49.0 Å². The molecule has 5 rings (SSSR count). The minimum atomic E-state index is -0.312. The van der Waals surface area contributed by atoms with Gasteiger partial charge in [-0.2, -0.15) is 0 Å². The Morgan fingerprint density at radius 3 is 2.58 bits per heavy atom. The Labute approximate surface area is 211 Å². The fourth-order valence-corrected chi connectivity index (χ4v) is 5.14. The maximum atomic E-state index is 13.4. The molecule has 3 aliphatic rings. The first-order valence-electron chi connectivity index (χ1n) is 12.8. The molecule has 0 bridgehead atoms. The molecule has 2 fully saturated rings. The van der Waals surface area contributed by atoms with Crippen LogP contribution in [0.25, 0.3) is 0 Å². The summed E-state index contributed by atoms with van der Waals surface area (Å²) in [5.74, 6) is 0.164. The average Bonchev–Trinajstić information content (AvgIpc) is 2.84. The molecule has 2 aromatic carbocycles. The number of benzene rings is 2. The molecule has 8 nitrogen and oxygen atoms in total. The number of nitrogens with zero attached hydrogens (tertiary/aromatic N) is 1. The van der Waals surface area contributed by atoms with Gasteiger partial charge in [0, 0.05) is 18.8 Å². The van der Waals surface area contributed by atoms with Gasteiger partial charge in [0.2, 0.25) is 11.8 Å². The summed E-state index contributed by atoms with van der Waals surface area (Å²) >= 11 is 0. The third-order valence-corrected chi connectivity index (χ3v) is 7.39. The molecule has 8 heteroatoms. The van der Waals surface area contributed by atoms with Gasteiger partial charge >= 0.3 is 0 Å². The normalized spacial score (nSPS) is 23.8. The Kier molecular flexibility index (Phi) is 7.23. The maximum absolute atomic E-state index is 13.4. The summed E-state index contributed by atoms with van der Waals surface area (Å²) in [6, 6.07) is 14.8. The molecule has 36 heavy (non-hydrogen) atoms. The van der Waals surface area contributed by atoms with E-state index in [2.05, 4.69) is 10.6 Å².